The second-order valence-corrected chi connectivity index (χ2v) is 8.52. The standard InChI is InChI=1S/C26H32O8/c1-5-29-21-11-7-9-19(16-21)24(27)32-31-23-15-18(3)13-14-26(23,4)34-33-25(28)20-10-8-12-22(17-20)30-6-2/h7-12,16-18,23H,5-6,13-15H2,1-4H3. The van der Waals surface area contributed by atoms with Crippen molar-refractivity contribution in [1.29, 1.82) is 0 Å². The van der Waals surface area contributed by atoms with Crippen molar-refractivity contribution >= 4 is 11.9 Å². The van der Waals surface area contributed by atoms with E-state index in [1.165, 1.54) is 0 Å². The van der Waals surface area contributed by atoms with E-state index in [0.717, 1.165) is 6.42 Å². The van der Waals surface area contributed by atoms with E-state index in [0.29, 0.717) is 54.6 Å². The average molecular weight is 473 g/mol. The third kappa shape index (κ3) is 6.71. The van der Waals surface area contributed by atoms with Crippen LogP contribution < -0.4 is 9.47 Å². The Morgan fingerprint density at radius 2 is 1.47 bits per heavy atom. The van der Waals surface area contributed by atoms with Gasteiger partial charge in [-0.25, -0.2) is 9.59 Å². The van der Waals surface area contributed by atoms with Crippen LogP contribution in [0, 0.1) is 5.92 Å². The second kappa shape index (κ2) is 11.9. The van der Waals surface area contributed by atoms with Crippen molar-refractivity contribution in [2.45, 2.75) is 58.7 Å². The van der Waals surface area contributed by atoms with Crippen LogP contribution in [0.3, 0.4) is 0 Å². The molecule has 3 unspecified atom stereocenters. The Morgan fingerprint density at radius 1 is 0.912 bits per heavy atom. The Morgan fingerprint density at radius 3 is 2.03 bits per heavy atom. The molecule has 0 aliphatic heterocycles. The molecule has 1 saturated carbocycles. The predicted molar refractivity (Wildman–Crippen MR) is 123 cm³/mol. The molecular weight excluding hydrogens is 440 g/mol. The van der Waals surface area contributed by atoms with Crippen molar-refractivity contribution in [2.75, 3.05) is 13.2 Å². The van der Waals surface area contributed by atoms with E-state index in [9.17, 15) is 9.59 Å². The first-order chi connectivity index (χ1) is 16.3. The highest BCUT2D eigenvalue weighted by molar-refractivity contribution is 5.89. The first kappa shape index (κ1) is 25.5. The molecule has 34 heavy (non-hydrogen) atoms. The third-order valence-corrected chi connectivity index (χ3v) is 5.74. The summed E-state index contributed by atoms with van der Waals surface area (Å²) in [6.45, 7) is 8.55. The number of ether oxygens (including phenoxy) is 2. The van der Waals surface area contributed by atoms with Gasteiger partial charge >= 0.3 is 11.9 Å². The van der Waals surface area contributed by atoms with Crippen LogP contribution in [0.25, 0.3) is 0 Å². The Bertz CT molecular complexity index is 975. The third-order valence-electron chi connectivity index (χ3n) is 5.74. The summed E-state index contributed by atoms with van der Waals surface area (Å²) in [5.41, 5.74) is -0.387. The SMILES string of the molecule is CCOc1cccc(C(=O)OOC2CC(C)CCC2(C)OOC(=O)c2cccc(OCC)c2)c1. The van der Waals surface area contributed by atoms with Gasteiger partial charge in [-0.3, -0.25) is 9.78 Å². The summed E-state index contributed by atoms with van der Waals surface area (Å²) in [6, 6.07) is 13.3. The number of carbonyl (C=O) groups is 2. The van der Waals surface area contributed by atoms with Gasteiger partial charge in [0.25, 0.3) is 0 Å². The summed E-state index contributed by atoms with van der Waals surface area (Å²) in [4.78, 5) is 46.6. The molecule has 1 aliphatic rings. The van der Waals surface area contributed by atoms with Gasteiger partial charge in [-0.2, -0.15) is 9.78 Å². The number of rotatable bonds is 10. The van der Waals surface area contributed by atoms with Gasteiger partial charge in [0.1, 0.15) is 23.2 Å². The Kier molecular flexibility index (Phi) is 8.90. The lowest BCUT2D eigenvalue weighted by atomic mass is 9.78. The molecular formula is C26H32O8. The summed E-state index contributed by atoms with van der Waals surface area (Å²) in [7, 11) is 0. The van der Waals surface area contributed by atoms with Crippen LogP contribution in [0.2, 0.25) is 0 Å². The lowest BCUT2D eigenvalue weighted by Crippen LogP contribution is -2.48. The van der Waals surface area contributed by atoms with Gasteiger partial charge in [0.15, 0.2) is 0 Å². The molecule has 0 heterocycles. The fourth-order valence-corrected chi connectivity index (χ4v) is 3.75. The van der Waals surface area contributed by atoms with Crippen LogP contribution in [0.15, 0.2) is 48.5 Å². The van der Waals surface area contributed by atoms with E-state index in [4.69, 9.17) is 29.0 Å². The number of benzene rings is 2. The molecule has 8 heteroatoms. The number of hydrogen-bond acceptors (Lipinski definition) is 8. The molecule has 0 radical (unpaired) electrons. The summed E-state index contributed by atoms with van der Waals surface area (Å²) in [6.07, 6.45) is 1.35. The molecule has 0 amide bonds. The van der Waals surface area contributed by atoms with E-state index >= 15 is 0 Å². The van der Waals surface area contributed by atoms with Gasteiger partial charge in [0.05, 0.1) is 24.3 Å². The lowest BCUT2D eigenvalue weighted by molar-refractivity contribution is -0.388. The van der Waals surface area contributed by atoms with Crippen molar-refractivity contribution in [3.05, 3.63) is 59.7 Å². The fourth-order valence-electron chi connectivity index (χ4n) is 3.75. The molecule has 184 valence electrons. The average Bonchev–Trinajstić information content (AvgIpc) is 2.84. The molecule has 0 saturated heterocycles. The molecule has 1 aliphatic carbocycles. The Balaban J connectivity index is 1.62. The van der Waals surface area contributed by atoms with Crippen LogP contribution in [0.4, 0.5) is 0 Å². The van der Waals surface area contributed by atoms with Gasteiger partial charge in [0, 0.05) is 0 Å². The smallest absolute Gasteiger partial charge is 0.373 e. The zero-order valence-electron chi connectivity index (χ0n) is 20.1. The minimum atomic E-state index is -0.993. The Labute approximate surface area is 199 Å². The van der Waals surface area contributed by atoms with Crippen molar-refractivity contribution in [3.8, 4) is 11.5 Å². The maximum Gasteiger partial charge on any atom is 0.373 e. The fraction of sp³-hybridized carbons (Fsp3) is 0.462. The maximum absolute atomic E-state index is 12.6. The van der Waals surface area contributed by atoms with Gasteiger partial charge < -0.3 is 9.47 Å². The summed E-state index contributed by atoms with van der Waals surface area (Å²) < 4.78 is 10.9. The van der Waals surface area contributed by atoms with Gasteiger partial charge in [0.2, 0.25) is 0 Å². The topological polar surface area (TPSA) is 89.5 Å². The first-order valence-electron chi connectivity index (χ1n) is 11.6. The van der Waals surface area contributed by atoms with Crippen LogP contribution in [0.5, 0.6) is 11.5 Å². The zero-order chi connectivity index (χ0) is 24.6. The summed E-state index contributed by atoms with van der Waals surface area (Å²) in [5, 5.41) is 0. The van der Waals surface area contributed by atoms with E-state index in [2.05, 4.69) is 6.92 Å². The summed E-state index contributed by atoms with van der Waals surface area (Å²) in [5.74, 6) is 0.157. The molecule has 3 atom stereocenters. The minimum absolute atomic E-state index is 0.303. The zero-order valence-corrected chi connectivity index (χ0v) is 20.1. The molecule has 2 aromatic carbocycles. The maximum atomic E-state index is 12.6. The second-order valence-electron chi connectivity index (χ2n) is 8.52. The first-order valence-corrected chi connectivity index (χ1v) is 11.6. The monoisotopic (exact) mass is 472 g/mol. The van der Waals surface area contributed by atoms with Crippen molar-refractivity contribution in [1.82, 2.24) is 0 Å². The Hall–Kier alpha value is -3.10. The molecule has 1 fully saturated rings. The lowest BCUT2D eigenvalue weighted by Gasteiger charge is -2.39. The molecule has 3 rings (SSSR count). The van der Waals surface area contributed by atoms with Gasteiger partial charge in [-0.1, -0.05) is 19.1 Å². The molecule has 0 N–H and O–H groups in total. The number of hydrogen-bond donors (Lipinski definition) is 0. The highest BCUT2D eigenvalue weighted by Gasteiger charge is 2.45. The van der Waals surface area contributed by atoms with Crippen molar-refractivity contribution in [3.63, 3.8) is 0 Å². The highest BCUT2D eigenvalue weighted by Crippen LogP contribution is 2.37. The largest absolute Gasteiger partial charge is 0.494 e. The quantitative estimate of drug-likeness (QED) is 0.340. The van der Waals surface area contributed by atoms with Crippen LogP contribution >= 0.6 is 0 Å². The molecule has 2 aromatic rings. The highest BCUT2D eigenvalue weighted by atomic mass is 17.2. The van der Waals surface area contributed by atoms with Crippen molar-refractivity contribution in [2.24, 2.45) is 5.92 Å². The van der Waals surface area contributed by atoms with Crippen LogP contribution in [-0.2, 0) is 19.6 Å². The van der Waals surface area contributed by atoms with E-state index in [1.54, 1.807) is 55.5 Å². The van der Waals surface area contributed by atoms with E-state index in [-0.39, 0.29) is 0 Å². The normalized spacial score (nSPS) is 22.0. The van der Waals surface area contributed by atoms with E-state index in [1.807, 2.05) is 13.8 Å². The summed E-state index contributed by atoms with van der Waals surface area (Å²) >= 11 is 0. The van der Waals surface area contributed by atoms with Crippen LogP contribution in [0.1, 0.15) is 67.7 Å². The van der Waals surface area contributed by atoms with E-state index < -0.39 is 23.6 Å². The van der Waals surface area contributed by atoms with Crippen LogP contribution in [-0.4, -0.2) is 36.9 Å². The number of carbonyl (C=O) groups excluding carboxylic acids is 2. The molecule has 0 spiro atoms. The van der Waals surface area contributed by atoms with Gasteiger partial charge in [-0.05, 0) is 82.3 Å². The molecule has 0 aromatic heterocycles. The van der Waals surface area contributed by atoms with Gasteiger partial charge in [-0.15, -0.1) is 0 Å². The predicted octanol–water partition coefficient (Wildman–Crippen LogP) is 5.31. The molecule has 8 nitrogen and oxygen atoms in total. The van der Waals surface area contributed by atoms with Crippen molar-refractivity contribution < 1.29 is 38.6 Å². The molecule has 0 bridgehead atoms. The minimum Gasteiger partial charge on any atom is -0.494 e.